The summed E-state index contributed by atoms with van der Waals surface area (Å²) in [6, 6.07) is 15.5. The van der Waals surface area contributed by atoms with Crippen LogP contribution in [0.2, 0.25) is 0 Å². The van der Waals surface area contributed by atoms with Gasteiger partial charge in [-0.25, -0.2) is 8.42 Å². The Labute approximate surface area is 186 Å². The maximum absolute atomic E-state index is 12.6. The van der Waals surface area contributed by atoms with Crippen LogP contribution < -0.4 is 5.32 Å². The number of likely N-dealkylation sites (tertiary alicyclic amines) is 1. The lowest BCUT2D eigenvalue weighted by atomic mass is 9.99. The smallest absolute Gasteiger partial charge is 0.251 e. The van der Waals surface area contributed by atoms with Gasteiger partial charge in [0.15, 0.2) is 0 Å². The summed E-state index contributed by atoms with van der Waals surface area (Å²) in [5.74, 6) is 0.737. The van der Waals surface area contributed by atoms with Crippen LogP contribution in [0.4, 0.5) is 0 Å². The second-order valence-electron chi connectivity index (χ2n) is 8.40. The highest BCUT2D eigenvalue weighted by Crippen LogP contribution is 2.17. The lowest BCUT2D eigenvalue weighted by Gasteiger charge is -2.30. The average Bonchev–Trinajstić information content (AvgIpc) is 2.79. The molecule has 1 amide bonds. The van der Waals surface area contributed by atoms with E-state index < -0.39 is 10.0 Å². The zero-order valence-electron chi connectivity index (χ0n) is 18.5. The predicted octanol–water partition coefficient (Wildman–Crippen LogP) is 3.36. The summed E-state index contributed by atoms with van der Waals surface area (Å²) < 4.78 is 26.6. The largest absolute Gasteiger partial charge is 0.352 e. The number of carbonyl (C=O) groups is 1. The number of hydrogen-bond acceptors (Lipinski definition) is 4. The monoisotopic (exact) mass is 443 g/mol. The molecule has 0 aliphatic carbocycles. The van der Waals surface area contributed by atoms with Gasteiger partial charge in [-0.3, -0.25) is 4.79 Å². The van der Waals surface area contributed by atoms with Crippen molar-refractivity contribution in [2.75, 3.05) is 33.2 Å². The zero-order chi connectivity index (χ0) is 22.3. The number of nitrogens with zero attached hydrogens (tertiary/aromatic N) is 2. The molecule has 1 heterocycles. The third-order valence-corrected chi connectivity index (χ3v) is 7.70. The summed E-state index contributed by atoms with van der Waals surface area (Å²) in [5, 5.41) is 2.98. The first-order valence-corrected chi connectivity index (χ1v) is 12.4. The van der Waals surface area contributed by atoms with Gasteiger partial charge in [-0.2, -0.15) is 4.31 Å². The van der Waals surface area contributed by atoms with E-state index in [1.165, 1.54) is 17.1 Å². The Bertz CT molecular complexity index is 938. The maximum Gasteiger partial charge on any atom is 0.251 e. The molecule has 0 saturated carbocycles. The molecular formula is C24H33N3O3S. The number of piperidine rings is 1. The summed E-state index contributed by atoms with van der Waals surface area (Å²) in [6.45, 7) is 6.55. The van der Waals surface area contributed by atoms with Gasteiger partial charge in [0.2, 0.25) is 10.0 Å². The number of sulfonamides is 1. The van der Waals surface area contributed by atoms with E-state index in [0.717, 1.165) is 37.5 Å². The number of nitrogens with one attached hydrogen (secondary N) is 1. The molecule has 0 unspecified atom stereocenters. The van der Waals surface area contributed by atoms with Crippen LogP contribution in [0.3, 0.4) is 0 Å². The minimum Gasteiger partial charge on any atom is -0.352 e. The SMILES string of the molecule is CC1CCN(CCCNC(=O)c2ccc(CN(C)S(=O)(=O)c3ccccc3)cc2)CC1. The van der Waals surface area contributed by atoms with Crippen LogP contribution in [-0.4, -0.2) is 56.8 Å². The molecule has 0 aromatic heterocycles. The molecule has 6 nitrogen and oxygen atoms in total. The first kappa shape index (κ1) is 23.4. The Hall–Kier alpha value is -2.22. The molecule has 168 valence electrons. The van der Waals surface area contributed by atoms with E-state index in [0.29, 0.717) is 12.1 Å². The molecule has 1 aliphatic heterocycles. The Morgan fingerprint density at radius 3 is 2.35 bits per heavy atom. The van der Waals surface area contributed by atoms with E-state index in [-0.39, 0.29) is 17.3 Å². The molecule has 1 N–H and O–H groups in total. The van der Waals surface area contributed by atoms with E-state index in [1.54, 1.807) is 61.6 Å². The Morgan fingerprint density at radius 1 is 1.06 bits per heavy atom. The van der Waals surface area contributed by atoms with Crippen LogP contribution in [0.1, 0.15) is 42.1 Å². The van der Waals surface area contributed by atoms with Crippen LogP contribution in [0.5, 0.6) is 0 Å². The molecule has 0 radical (unpaired) electrons. The van der Waals surface area contributed by atoms with E-state index >= 15 is 0 Å². The normalized spacial score (nSPS) is 15.8. The van der Waals surface area contributed by atoms with Crippen LogP contribution in [-0.2, 0) is 16.6 Å². The van der Waals surface area contributed by atoms with Crippen molar-refractivity contribution in [3.05, 3.63) is 65.7 Å². The van der Waals surface area contributed by atoms with Gasteiger partial charge in [0, 0.05) is 25.7 Å². The molecule has 2 aromatic carbocycles. The highest BCUT2D eigenvalue weighted by atomic mass is 32.2. The van der Waals surface area contributed by atoms with Gasteiger partial charge >= 0.3 is 0 Å². The number of benzene rings is 2. The molecule has 7 heteroatoms. The van der Waals surface area contributed by atoms with Crippen molar-refractivity contribution < 1.29 is 13.2 Å². The van der Waals surface area contributed by atoms with Gasteiger partial charge < -0.3 is 10.2 Å². The minimum atomic E-state index is -3.54. The van der Waals surface area contributed by atoms with Gasteiger partial charge in [0.25, 0.3) is 5.91 Å². The van der Waals surface area contributed by atoms with Crippen molar-refractivity contribution in [3.8, 4) is 0 Å². The van der Waals surface area contributed by atoms with Crippen LogP contribution in [0.15, 0.2) is 59.5 Å². The highest BCUT2D eigenvalue weighted by Gasteiger charge is 2.20. The minimum absolute atomic E-state index is 0.0934. The zero-order valence-corrected chi connectivity index (χ0v) is 19.3. The van der Waals surface area contributed by atoms with Crippen molar-refractivity contribution in [2.24, 2.45) is 5.92 Å². The summed E-state index contributed by atoms with van der Waals surface area (Å²) in [7, 11) is -1.98. The fourth-order valence-electron chi connectivity index (χ4n) is 3.77. The van der Waals surface area contributed by atoms with E-state index in [2.05, 4.69) is 17.1 Å². The van der Waals surface area contributed by atoms with Gasteiger partial charge in [-0.15, -0.1) is 0 Å². The topological polar surface area (TPSA) is 69.7 Å². The molecule has 1 fully saturated rings. The fraction of sp³-hybridized carbons (Fsp3) is 0.458. The standard InChI is InChI=1S/C24H33N3O3S/c1-20-13-17-27(18-14-20)16-6-15-25-24(28)22-11-9-21(10-12-22)19-26(2)31(29,30)23-7-4-3-5-8-23/h3-5,7-12,20H,6,13-19H2,1-2H3,(H,25,28). The lowest BCUT2D eigenvalue weighted by Crippen LogP contribution is -2.35. The summed E-state index contributed by atoms with van der Waals surface area (Å²) in [4.78, 5) is 15.1. The summed E-state index contributed by atoms with van der Waals surface area (Å²) >= 11 is 0. The molecular weight excluding hydrogens is 410 g/mol. The van der Waals surface area contributed by atoms with Crippen molar-refractivity contribution in [1.82, 2.24) is 14.5 Å². The van der Waals surface area contributed by atoms with Crippen molar-refractivity contribution in [2.45, 2.75) is 37.6 Å². The van der Waals surface area contributed by atoms with Crippen molar-refractivity contribution in [1.29, 1.82) is 0 Å². The molecule has 1 saturated heterocycles. The van der Waals surface area contributed by atoms with E-state index in [9.17, 15) is 13.2 Å². The first-order valence-electron chi connectivity index (χ1n) is 11.0. The summed E-state index contributed by atoms with van der Waals surface area (Å²) in [5.41, 5.74) is 1.42. The summed E-state index contributed by atoms with van der Waals surface area (Å²) in [6.07, 6.45) is 3.47. The fourth-order valence-corrected chi connectivity index (χ4v) is 4.95. The molecule has 0 atom stereocenters. The molecule has 1 aliphatic rings. The van der Waals surface area contributed by atoms with Crippen molar-refractivity contribution in [3.63, 3.8) is 0 Å². The molecule has 3 rings (SSSR count). The van der Waals surface area contributed by atoms with Crippen LogP contribution in [0, 0.1) is 5.92 Å². The third-order valence-electron chi connectivity index (χ3n) is 5.89. The van der Waals surface area contributed by atoms with E-state index in [1.807, 2.05) is 0 Å². The second-order valence-corrected chi connectivity index (χ2v) is 10.4. The highest BCUT2D eigenvalue weighted by molar-refractivity contribution is 7.89. The maximum atomic E-state index is 12.6. The number of hydrogen-bond donors (Lipinski definition) is 1. The number of carbonyl (C=O) groups excluding carboxylic acids is 1. The Morgan fingerprint density at radius 2 is 1.71 bits per heavy atom. The molecule has 2 aromatic rings. The quantitative estimate of drug-likeness (QED) is 0.604. The Kier molecular flexibility index (Phi) is 8.23. The number of amides is 1. The number of rotatable bonds is 9. The van der Waals surface area contributed by atoms with Gasteiger partial charge in [0.1, 0.15) is 0 Å². The van der Waals surface area contributed by atoms with Gasteiger partial charge in [-0.1, -0.05) is 37.3 Å². The average molecular weight is 444 g/mol. The van der Waals surface area contributed by atoms with E-state index in [4.69, 9.17) is 0 Å². The van der Waals surface area contributed by atoms with Gasteiger partial charge in [-0.05, 0) is 74.6 Å². The van der Waals surface area contributed by atoms with Crippen LogP contribution in [0.25, 0.3) is 0 Å². The van der Waals surface area contributed by atoms with Crippen LogP contribution >= 0.6 is 0 Å². The lowest BCUT2D eigenvalue weighted by molar-refractivity contribution is 0.0950. The second kappa shape index (κ2) is 10.9. The third kappa shape index (κ3) is 6.63. The molecule has 0 spiro atoms. The van der Waals surface area contributed by atoms with Crippen molar-refractivity contribution >= 4 is 15.9 Å². The van der Waals surface area contributed by atoms with Gasteiger partial charge in [0.05, 0.1) is 4.90 Å². The predicted molar refractivity (Wildman–Crippen MR) is 123 cm³/mol. The first-order chi connectivity index (χ1) is 14.9. The molecule has 31 heavy (non-hydrogen) atoms. The molecule has 0 bridgehead atoms. The Balaban J connectivity index is 1.45.